The summed E-state index contributed by atoms with van der Waals surface area (Å²) in [7, 11) is 0. The van der Waals surface area contributed by atoms with Gasteiger partial charge in [-0.1, -0.05) is 72.8 Å². The molecule has 11 nitrogen and oxygen atoms in total. The third kappa shape index (κ3) is 8.41. The fraction of sp³-hybridized carbons (Fsp3) is 0.200. The number of rotatable bonds is 14. The topological polar surface area (TPSA) is 133 Å². The second-order valence-electron chi connectivity index (χ2n) is 8.87. The first kappa shape index (κ1) is 28.8. The van der Waals surface area contributed by atoms with Crippen LogP contribution in [0.1, 0.15) is 32.1 Å². The van der Waals surface area contributed by atoms with Gasteiger partial charge < -0.3 is 25.6 Å². The number of nitrogens with zero attached hydrogens (tertiary/aromatic N) is 2. The van der Waals surface area contributed by atoms with E-state index in [-0.39, 0.29) is 37.7 Å². The van der Waals surface area contributed by atoms with E-state index in [1.807, 2.05) is 60.7 Å². The Morgan fingerprint density at radius 3 is 1.37 bits per heavy atom. The largest absolute Gasteiger partial charge is 0.405 e. The van der Waals surface area contributed by atoms with Gasteiger partial charge in [-0.3, -0.25) is 19.2 Å². The van der Waals surface area contributed by atoms with Crippen LogP contribution in [0.3, 0.4) is 0 Å². The summed E-state index contributed by atoms with van der Waals surface area (Å²) in [6.07, 6.45) is 0. The van der Waals surface area contributed by atoms with Gasteiger partial charge in [-0.25, -0.2) is 0 Å². The zero-order valence-corrected chi connectivity index (χ0v) is 22.3. The second-order valence-corrected chi connectivity index (χ2v) is 8.87. The third-order valence-electron chi connectivity index (χ3n) is 5.87. The number of amides is 2. The van der Waals surface area contributed by atoms with Crippen LogP contribution in [0.5, 0.6) is 0 Å². The zero-order chi connectivity index (χ0) is 28.9. The molecule has 0 spiro atoms. The van der Waals surface area contributed by atoms with Crippen LogP contribution in [0.25, 0.3) is 0 Å². The van der Waals surface area contributed by atoms with Crippen LogP contribution in [-0.2, 0) is 13.2 Å². The molecule has 4 rings (SSSR count). The molecule has 0 saturated heterocycles. The minimum absolute atomic E-state index is 0.0871. The van der Waals surface area contributed by atoms with E-state index in [9.17, 15) is 19.2 Å². The predicted molar refractivity (Wildman–Crippen MR) is 152 cm³/mol. The van der Waals surface area contributed by atoms with E-state index >= 15 is 0 Å². The Hall–Kier alpha value is -5.16. The zero-order valence-electron chi connectivity index (χ0n) is 22.3. The quantitative estimate of drug-likeness (QED) is 0.197. The fourth-order valence-electron chi connectivity index (χ4n) is 3.82. The summed E-state index contributed by atoms with van der Waals surface area (Å²) in [5, 5.41) is 8.61. The first-order chi connectivity index (χ1) is 20.0. The van der Waals surface area contributed by atoms with E-state index in [0.717, 1.165) is 20.6 Å². The van der Waals surface area contributed by atoms with Gasteiger partial charge >= 0.3 is 0 Å². The van der Waals surface area contributed by atoms with Crippen LogP contribution in [0, 0.1) is 0 Å². The van der Waals surface area contributed by atoms with Crippen LogP contribution < -0.4 is 36.7 Å². The summed E-state index contributed by atoms with van der Waals surface area (Å²) in [6, 6.07) is 27.3. The molecule has 41 heavy (non-hydrogen) atoms. The molecular formula is C30H31N5O6. The third-order valence-corrected chi connectivity index (χ3v) is 5.87. The highest BCUT2D eigenvalue weighted by Gasteiger charge is 2.14. The van der Waals surface area contributed by atoms with Gasteiger partial charge in [0.1, 0.15) is 24.6 Å². The summed E-state index contributed by atoms with van der Waals surface area (Å²) in [6.45, 7) is 1.66. The molecule has 0 atom stereocenters. The summed E-state index contributed by atoms with van der Waals surface area (Å²) >= 11 is 0. The average Bonchev–Trinajstić information content (AvgIpc) is 3.00. The maximum Gasteiger partial charge on any atom is 0.283 e. The predicted octanol–water partition coefficient (Wildman–Crippen LogP) is 1.02. The SMILES string of the molecule is O=C(NCCNCCNC(=O)c1cccc(=O)n1OCc1ccccc1)c1cccc(=O)n1OCc1ccccc1. The highest BCUT2D eigenvalue weighted by Crippen LogP contribution is 2.02. The van der Waals surface area contributed by atoms with E-state index in [1.54, 1.807) is 0 Å². The van der Waals surface area contributed by atoms with Crippen molar-refractivity contribution < 1.29 is 19.3 Å². The standard InChI is InChI=1S/C30H31N5O6/c36-27-15-7-13-25(34(27)40-21-23-9-3-1-4-10-23)29(38)32-19-17-31-18-20-33-30(39)26-14-8-16-28(37)35(26)41-22-24-11-5-2-6-12-24/h1-16,31H,17-22H2,(H,32,38)(H,33,39). The van der Waals surface area contributed by atoms with Gasteiger partial charge in [0.2, 0.25) is 0 Å². The smallest absolute Gasteiger partial charge is 0.283 e. The van der Waals surface area contributed by atoms with Gasteiger partial charge in [0.05, 0.1) is 0 Å². The van der Waals surface area contributed by atoms with E-state index in [0.29, 0.717) is 13.1 Å². The van der Waals surface area contributed by atoms with Crippen molar-refractivity contribution in [2.45, 2.75) is 13.2 Å². The summed E-state index contributed by atoms with van der Waals surface area (Å²) < 4.78 is 1.97. The lowest BCUT2D eigenvalue weighted by Gasteiger charge is -2.14. The van der Waals surface area contributed by atoms with Crippen molar-refractivity contribution in [3.05, 3.63) is 140 Å². The fourth-order valence-corrected chi connectivity index (χ4v) is 3.82. The molecule has 11 heteroatoms. The monoisotopic (exact) mass is 557 g/mol. The molecule has 2 heterocycles. The lowest BCUT2D eigenvalue weighted by molar-refractivity contribution is 0.0708. The van der Waals surface area contributed by atoms with Gasteiger partial charge in [-0.2, -0.15) is 0 Å². The summed E-state index contributed by atoms with van der Waals surface area (Å²) in [4.78, 5) is 61.2. The molecule has 2 aromatic carbocycles. The van der Waals surface area contributed by atoms with Gasteiger partial charge in [-0.05, 0) is 23.3 Å². The molecule has 212 valence electrons. The maximum atomic E-state index is 12.7. The molecule has 0 radical (unpaired) electrons. The number of benzene rings is 2. The highest BCUT2D eigenvalue weighted by atomic mass is 16.7. The van der Waals surface area contributed by atoms with Gasteiger partial charge in [0.15, 0.2) is 0 Å². The molecular weight excluding hydrogens is 526 g/mol. The van der Waals surface area contributed by atoms with Gasteiger partial charge in [0, 0.05) is 38.3 Å². The minimum Gasteiger partial charge on any atom is -0.405 e. The number of carbonyl (C=O) groups is 2. The first-order valence-corrected chi connectivity index (χ1v) is 13.1. The summed E-state index contributed by atoms with van der Waals surface area (Å²) in [5.74, 6) is -0.910. The van der Waals surface area contributed by atoms with Crippen molar-refractivity contribution >= 4 is 11.8 Å². The van der Waals surface area contributed by atoms with Crippen LogP contribution in [0.2, 0.25) is 0 Å². The Kier molecular flexibility index (Phi) is 10.4. The molecule has 0 saturated carbocycles. The Bertz CT molecular complexity index is 1440. The lowest BCUT2D eigenvalue weighted by atomic mass is 10.2. The molecule has 0 bridgehead atoms. The molecule has 3 N–H and O–H groups in total. The Morgan fingerprint density at radius 2 is 0.951 bits per heavy atom. The maximum absolute atomic E-state index is 12.7. The average molecular weight is 558 g/mol. The second kappa shape index (κ2) is 14.8. The van der Waals surface area contributed by atoms with Crippen LogP contribution in [0.4, 0.5) is 0 Å². The van der Waals surface area contributed by atoms with Crippen molar-refractivity contribution in [3.8, 4) is 0 Å². The molecule has 0 aliphatic heterocycles. The van der Waals surface area contributed by atoms with E-state index in [2.05, 4.69) is 16.0 Å². The van der Waals surface area contributed by atoms with Crippen LogP contribution in [0.15, 0.2) is 107 Å². The van der Waals surface area contributed by atoms with Crippen LogP contribution in [-0.4, -0.2) is 47.5 Å². The number of aromatic nitrogens is 2. The van der Waals surface area contributed by atoms with Crippen molar-refractivity contribution in [1.29, 1.82) is 0 Å². The molecule has 0 unspecified atom stereocenters. The van der Waals surface area contributed by atoms with E-state index < -0.39 is 22.9 Å². The highest BCUT2D eigenvalue weighted by molar-refractivity contribution is 5.92. The minimum atomic E-state index is -0.455. The number of hydrogen-bond donors (Lipinski definition) is 3. The molecule has 4 aromatic rings. The van der Waals surface area contributed by atoms with Crippen molar-refractivity contribution in [2.75, 3.05) is 26.2 Å². The van der Waals surface area contributed by atoms with Gasteiger partial charge in [-0.15, -0.1) is 9.46 Å². The molecule has 2 aromatic heterocycles. The lowest BCUT2D eigenvalue weighted by Crippen LogP contribution is -2.40. The number of hydrogen-bond acceptors (Lipinski definition) is 7. The molecule has 0 aliphatic rings. The van der Waals surface area contributed by atoms with Crippen molar-refractivity contribution in [1.82, 2.24) is 25.4 Å². The van der Waals surface area contributed by atoms with Crippen molar-refractivity contribution in [2.24, 2.45) is 0 Å². The molecule has 0 fully saturated rings. The Labute approximate surface area is 236 Å². The molecule has 0 aliphatic carbocycles. The van der Waals surface area contributed by atoms with E-state index in [4.69, 9.17) is 9.68 Å². The van der Waals surface area contributed by atoms with Crippen molar-refractivity contribution in [3.63, 3.8) is 0 Å². The van der Waals surface area contributed by atoms with Gasteiger partial charge in [0.25, 0.3) is 22.9 Å². The number of carbonyl (C=O) groups excluding carboxylic acids is 2. The molecule has 2 amide bonds. The Morgan fingerprint density at radius 1 is 0.537 bits per heavy atom. The number of pyridine rings is 2. The summed E-state index contributed by atoms with van der Waals surface area (Å²) in [5.41, 5.74) is 1.00. The normalized spacial score (nSPS) is 10.5. The first-order valence-electron chi connectivity index (χ1n) is 13.1. The van der Waals surface area contributed by atoms with E-state index in [1.165, 1.54) is 36.4 Å². The Balaban J connectivity index is 1.19. The van der Waals surface area contributed by atoms with Crippen LogP contribution >= 0.6 is 0 Å². The number of nitrogens with one attached hydrogen (secondary N) is 3.